The number of nitrogens with one attached hydrogen (secondary N) is 2. The molecule has 4 aromatic rings. The van der Waals surface area contributed by atoms with Crippen LogP contribution in [-0.2, 0) is 16.8 Å². The van der Waals surface area contributed by atoms with E-state index in [-0.39, 0.29) is 0 Å². The highest BCUT2D eigenvalue weighted by molar-refractivity contribution is 7.87. The normalized spacial score (nSPS) is 23.4. The first kappa shape index (κ1) is 30.6. The molecule has 3 saturated heterocycles. The molecule has 4 aliphatic rings. The molecule has 5 heterocycles. The number of rotatable bonds is 9. The van der Waals surface area contributed by atoms with Crippen LogP contribution in [0.25, 0.3) is 21.5 Å². The average Bonchev–Trinajstić information content (AvgIpc) is 3.36. The van der Waals surface area contributed by atoms with Gasteiger partial charge in [-0.05, 0) is 81.7 Å². The summed E-state index contributed by atoms with van der Waals surface area (Å²) in [5.74, 6) is 0.723. The van der Waals surface area contributed by atoms with Crippen LogP contribution in [0.2, 0.25) is 10.0 Å². The van der Waals surface area contributed by atoms with E-state index in [1.165, 1.54) is 4.31 Å². The van der Waals surface area contributed by atoms with Crippen molar-refractivity contribution in [1.29, 1.82) is 0 Å². The quantitative estimate of drug-likeness (QED) is 0.203. The van der Waals surface area contributed by atoms with E-state index in [1.54, 1.807) is 23.5 Å². The summed E-state index contributed by atoms with van der Waals surface area (Å²) >= 11 is 14.7. The van der Waals surface area contributed by atoms with E-state index in [2.05, 4.69) is 20.1 Å². The molecule has 4 fully saturated rings. The van der Waals surface area contributed by atoms with Crippen molar-refractivity contribution < 1.29 is 17.7 Å². The van der Waals surface area contributed by atoms with Crippen LogP contribution in [0.3, 0.4) is 0 Å². The van der Waals surface area contributed by atoms with Gasteiger partial charge in [0.2, 0.25) is 0 Å². The van der Waals surface area contributed by atoms with E-state index in [0.717, 1.165) is 89.3 Å². The molecule has 2 bridgehead atoms. The summed E-state index contributed by atoms with van der Waals surface area (Å²) in [6.45, 7) is 1.51. The Kier molecular flexibility index (Phi) is 8.01. The van der Waals surface area contributed by atoms with Gasteiger partial charge in [-0.1, -0.05) is 45.8 Å². The minimum atomic E-state index is -3.84. The van der Waals surface area contributed by atoms with Crippen molar-refractivity contribution in [3.8, 4) is 11.3 Å². The fourth-order valence-electron chi connectivity index (χ4n) is 7.32. The first-order chi connectivity index (χ1) is 22.2. The maximum absolute atomic E-state index is 12.9. The number of fused-ring (bicyclic) bond motifs is 3. The standard InChI is InChI=1S/C32H34Cl2N6O4S2/c33-24-4-3-5-25(34)28(24)29-23(30(44-37-29)18-6-7-18)17-35-20-15-21-9-10-22(16-20)40(21)32-36-26-11-8-19(14-27(26)45-32)31(41)38-46(42,43)39-12-1-2-13-39/h3-5,8,11,14,18,20-22,35H,1-2,6-7,9-10,12-13,15-17H2,(H,38,41). The first-order valence-corrected chi connectivity index (χ1v) is 18.9. The van der Waals surface area contributed by atoms with Crippen molar-refractivity contribution in [3.63, 3.8) is 0 Å². The minimum Gasteiger partial charge on any atom is -0.360 e. The van der Waals surface area contributed by atoms with Gasteiger partial charge < -0.3 is 14.7 Å². The Morgan fingerprint density at radius 2 is 1.74 bits per heavy atom. The van der Waals surface area contributed by atoms with Crippen molar-refractivity contribution in [1.82, 2.24) is 24.5 Å². The van der Waals surface area contributed by atoms with Crippen molar-refractivity contribution >= 4 is 66.0 Å². The number of thiazole rings is 1. The molecule has 242 valence electrons. The molecule has 1 saturated carbocycles. The largest absolute Gasteiger partial charge is 0.360 e. The smallest absolute Gasteiger partial charge is 0.304 e. The molecule has 2 aromatic heterocycles. The van der Waals surface area contributed by atoms with Gasteiger partial charge in [0, 0.05) is 60.4 Å². The van der Waals surface area contributed by atoms with Gasteiger partial charge in [-0.15, -0.1) is 0 Å². The predicted octanol–water partition coefficient (Wildman–Crippen LogP) is 6.50. The number of nitrogens with zero attached hydrogens (tertiary/aromatic N) is 4. The van der Waals surface area contributed by atoms with Gasteiger partial charge in [0.25, 0.3) is 5.91 Å². The zero-order valence-corrected chi connectivity index (χ0v) is 28.2. The number of halogens is 2. The Hall–Kier alpha value is -2.74. The highest BCUT2D eigenvalue weighted by Crippen LogP contribution is 2.46. The summed E-state index contributed by atoms with van der Waals surface area (Å²) in [5.41, 5.74) is 3.61. The fourth-order valence-corrected chi connectivity index (χ4v) is 10.3. The Labute approximate surface area is 281 Å². The Morgan fingerprint density at radius 3 is 2.43 bits per heavy atom. The van der Waals surface area contributed by atoms with Crippen molar-refractivity contribution in [2.24, 2.45) is 0 Å². The lowest BCUT2D eigenvalue weighted by Gasteiger charge is -2.39. The molecule has 2 unspecified atom stereocenters. The zero-order chi connectivity index (χ0) is 31.6. The highest BCUT2D eigenvalue weighted by atomic mass is 35.5. The lowest BCUT2D eigenvalue weighted by atomic mass is 9.97. The topological polar surface area (TPSA) is 121 Å². The summed E-state index contributed by atoms with van der Waals surface area (Å²) in [5, 5.41) is 10.3. The van der Waals surface area contributed by atoms with Gasteiger partial charge in [-0.25, -0.2) is 9.71 Å². The van der Waals surface area contributed by atoms with Gasteiger partial charge in [-0.2, -0.15) is 12.7 Å². The molecular weight excluding hydrogens is 667 g/mol. The second kappa shape index (κ2) is 12.1. The number of carbonyl (C=O) groups is 1. The number of piperidine rings is 1. The lowest BCUT2D eigenvalue weighted by molar-refractivity contribution is 0.0979. The van der Waals surface area contributed by atoms with E-state index < -0.39 is 16.1 Å². The van der Waals surface area contributed by atoms with E-state index in [1.807, 2.05) is 24.3 Å². The molecule has 3 aliphatic heterocycles. The zero-order valence-electron chi connectivity index (χ0n) is 25.0. The molecule has 2 N–H and O–H groups in total. The highest BCUT2D eigenvalue weighted by Gasteiger charge is 2.42. The number of anilines is 1. The molecular formula is C32H34Cl2N6O4S2. The van der Waals surface area contributed by atoms with Crippen molar-refractivity contribution in [2.45, 2.75) is 82.0 Å². The molecule has 0 spiro atoms. The van der Waals surface area contributed by atoms with E-state index in [9.17, 15) is 13.2 Å². The van der Waals surface area contributed by atoms with E-state index in [4.69, 9.17) is 32.7 Å². The Bertz CT molecular complexity index is 1890. The molecule has 0 radical (unpaired) electrons. The Balaban J connectivity index is 0.965. The van der Waals surface area contributed by atoms with Crippen molar-refractivity contribution in [3.05, 3.63) is 63.3 Å². The summed E-state index contributed by atoms with van der Waals surface area (Å²) in [6.07, 6.45) is 8.00. The summed E-state index contributed by atoms with van der Waals surface area (Å²) in [6, 6.07) is 11.7. The monoisotopic (exact) mass is 700 g/mol. The number of benzene rings is 2. The van der Waals surface area contributed by atoms with Crippen LogP contribution in [0, 0.1) is 0 Å². The molecule has 1 amide bonds. The van der Waals surface area contributed by atoms with Gasteiger partial charge in [0.05, 0.1) is 20.3 Å². The van der Waals surface area contributed by atoms with Gasteiger partial charge in [0.15, 0.2) is 5.13 Å². The third-order valence-electron chi connectivity index (χ3n) is 9.75. The average molecular weight is 702 g/mol. The van der Waals surface area contributed by atoms with Crippen LogP contribution < -0.4 is 14.9 Å². The number of hydrogen-bond acceptors (Lipinski definition) is 9. The molecule has 1 aliphatic carbocycles. The molecule has 8 rings (SSSR count). The minimum absolute atomic E-state index is 0.313. The summed E-state index contributed by atoms with van der Waals surface area (Å²) in [4.78, 5) is 20.3. The molecule has 14 heteroatoms. The molecule has 2 atom stereocenters. The second-order valence-corrected chi connectivity index (χ2v) is 16.3. The van der Waals surface area contributed by atoms with Crippen LogP contribution in [-0.4, -0.2) is 60.0 Å². The third-order valence-corrected chi connectivity index (χ3v) is 12.9. The number of carbonyl (C=O) groups excluding carboxylic acids is 1. The maximum atomic E-state index is 12.9. The SMILES string of the molecule is O=C(NS(=O)(=O)N1CCCC1)c1ccc2nc(N3C4CCC3CC(NCc3c(-c5c(Cl)cccc5Cl)noc3C3CC3)C4)sc2c1. The summed E-state index contributed by atoms with van der Waals surface area (Å²) in [7, 11) is -3.84. The number of amides is 1. The molecule has 46 heavy (non-hydrogen) atoms. The van der Waals surface area contributed by atoms with Gasteiger partial charge in [-0.3, -0.25) is 4.79 Å². The van der Waals surface area contributed by atoms with Crippen molar-refractivity contribution in [2.75, 3.05) is 18.0 Å². The van der Waals surface area contributed by atoms with E-state index in [0.29, 0.717) is 59.3 Å². The lowest BCUT2D eigenvalue weighted by Crippen LogP contribution is -2.49. The first-order valence-electron chi connectivity index (χ1n) is 15.9. The van der Waals surface area contributed by atoms with Crippen LogP contribution in [0.5, 0.6) is 0 Å². The maximum Gasteiger partial charge on any atom is 0.304 e. The number of aromatic nitrogens is 2. The fraction of sp³-hybridized carbons (Fsp3) is 0.469. The van der Waals surface area contributed by atoms with Gasteiger partial charge in [0.1, 0.15) is 11.5 Å². The van der Waals surface area contributed by atoms with Gasteiger partial charge >= 0.3 is 10.2 Å². The van der Waals surface area contributed by atoms with Crippen LogP contribution >= 0.6 is 34.5 Å². The predicted molar refractivity (Wildman–Crippen MR) is 180 cm³/mol. The van der Waals surface area contributed by atoms with E-state index >= 15 is 0 Å². The van der Waals surface area contributed by atoms with Crippen LogP contribution in [0.4, 0.5) is 5.13 Å². The van der Waals surface area contributed by atoms with Crippen LogP contribution in [0.1, 0.15) is 79.0 Å². The number of hydrogen-bond donors (Lipinski definition) is 2. The second-order valence-electron chi connectivity index (χ2n) is 12.8. The summed E-state index contributed by atoms with van der Waals surface area (Å²) < 4.78 is 35.5. The third kappa shape index (κ3) is 5.71. The Morgan fingerprint density at radius 1 is 1.02 bits per heavy atom. The van der Waals surface area contributed by atoms with Crippen LogP contribution in [0.15, 0.2) is 40.9 Å². The molecule has 2 aromatic carbocycles. The molecule has 10 nitrogen and oxygen atoms in total.